The van der Waals surface area contributed by atoms with Crippen LogP contribution in [0.25, 0.3) is 5.69 Å². The molecule has 0 spiro atoms. The van der Waals surface area contributed by atoms with Gasteiger partial charge in [-0.1, -0.05) is 23.4 Å². The largest absolute Gasteiger partial charge is 0.220 e. The monoisotopic (exact) mass is 185 g/mol. The van der Waals surface area contributed by atoms with Crippen molar-refractivity contribution in [3.05, 3.63) is 42.2 Å². The second-order valence-electron chi connectivity index (χ2n) is 3.70. The number of hydrogen-bond acceptors (Lipinski definition) is 2. The minimum absolute atomic E-state index is 0.674. The van der Waals surface area contributed by atoms with Crippen molar-refractivity contribution in [2.24, 2.45) is 0 Å². The number of aromatic nitrogens is 3. The molecule has 3 nitrogen and oxygen atoms in total. The van der Waals surface area contributed by atoms with E-state index in [0.29, 0.717) is 5.92 Å². The van der Waals surface area contributed by atoms with Gasteiger partial charge in [0, 0.05) is 5.92 Å². The van der Waals surface area contributed by atoms with Gasteiger partial charge in [0.1, 0.15) is 0 Å². The fraction of sp³-hybridized carbons (Fsp3) is 0.273. The zero-order chi connectivity index (χ0) is 9.38. The van der Waals surface area contributed by atoms with E-state index in [1.807, 2.05) is 41.2 Å². The molecule has 0 amide bonds. The van der Waals surface area contributed by atoms with Crippen LogP contribution in [0.4, 0.5) is 0 Å². The van der Waals surface area contributed by atoms with Crippen molar-refractivity contribution >= 4 is 0 Å². The normalized spacial score (nSPS) is 15.7. The molecule has 0 unspecified atom stereocenters. The van der Waals surface area contributed by atoms with E-state index in [9.17, 15) is 0 Å². The van der Waals surface area contributed by atoms with Gasteiger partial charge in [0.2, 0.25) is 0 Å². The number of benzene rings is 1. The van der Waals surface area contributed by atoms with Gasteiger partial charge in [0.05, 0.1) is 17.6 Å². The van der Waals surface area contributed by atoms with Crippen LogP contribution in [0, 0.1) is 0 Å². The van der Waals surface area contributed by atoms with Crippen LogP contribution in [-0.2, 0) is 0 Å². The van der Waals surface area contributed by atoms with Gasteiger partial charge in [-0.2, -0.15) is 0 Å². The molecule has 1 aliphatic carbocycles. The van der Waals surface area contributed by atoms with E-state index in [1.165, 1.54) is 12.8 Å². The summed E-state index contributed by atoms with van der Waals surface area (Å²) in [4.78, 5) is 0. The van der Waals surface area contributed by atoms with Crippen molar-refractivity contribution in [2.45, 2.75) is 18.8 Å². The maximum Gasteiger partial charge on any atom is 0.0862 e. The molecule has 1 aromatic carbocycles. The van der Waals surface area contributed by atoms with Crippen molar-refractivity contribution in [3.8, 4) is 5.69 Å². The Hall–Kier alpha value is -1.64. The molecular formula is C11H11N3. The van der Waals surface area contributed by atoms with Gasteiger partial charge in [0.25, 0.3) is 0 Å². The van der Waals surface area contributed by atoms with E-state index >= 15 is 0 Å². The Kier molecular flexibility index (Phi) is 1.63. The molecular weight excluding hydrogens is 174 g/mol. The summed E-state index contributed by atoms with van der Waals surface area (Å²) in [5.74, 6) is 0.674. The van der Waals surface area contributed by atoms with Crippen LogP contribution in [0.5, 0.6) is 0 Å². The second kappa shape index (κ2) is 2.94. The standard InChI is InChI=1S/C11H11N3/c1-2-4-10(5-3-1)14-8-11(12-13-14)9-6-7-9/h1-5,8-9H,6-7H2. The molecule has 1 fully saturated rings. The van der Waals surface area contributed by atoms with Gasteiger partial charge in [-0.25, -0.2) is 4.68 Å². The molecule has 0 atom stereocenters. The Balaban J connectivity index is 1.96. The minimum Gasteiger partial charge on any atom is -0.220 e. The summed E-state index contributed by atoms with van der Waals surface area (Å²) in [6, 6.07) is 10.1. The highest BCUT2D eigenvalue weighted by Gasteiger charge is 2.26. The summed E-state index contributed by atoms with van der Waals surface area (Å²) in [6.45, 7) is 0. The first-order valence-electron chi connectivity index (χ1n) is 4.91. The lowest BCUT2D eigenvalue weighted by atomic mass is 10.3. The Bertz CT molecular complexity index is 429. The average molecular weight is 185 g/mol. The second-order valence-corrected chi connectivity index (χ2v) is 3.70. The smallest absolute Gasteiger partial charge is 0.0862 e. The van der Waals surface area contributed by atoms with Crippen molar-refractivity contribution in [1.82, 2.24) is 15.0 Å². The molecule has 0 radical (unpaired) electrons. The van der Waals surface area contributed by atoms with E-state index in [-0.39, 0.29) is 0 Å². The summed E-state index contributed by atoms with van der Waals surface area (Å²) in [7, 11) is 0. The molecule has 1 saturated carbocycles. The summed E-state index contributed by atoms with van der Waals surface area (Å²) in [5, 5.41) is 8.28. The zero-order valence-corrected chi connectivity index (χ0v) is 7.80. The molecule has 3 rings (SSSR count). The molecule has 0 N–H and O–H groups in total. The highest BCUT2D eigenvalue weighted by molar-refractivity contribution is 5.30. The molecule has 0 bridgehead atoms. The topological polar surface area (TPSA) is 30.7 Å². The third-order valence-electron chi connectivity index (χ3n) is 2.53. The Morgan fingerprint density at radius 1 is 1.14 bits per heavy atom. The summed E-state index contributed by atoms with van der Waals surface area (Å²) >= 11 is 0. The van der Waals surface area contributed by atoms with Crippen LogP contribution in [-0.4, -0.2) is 15.0 Å². The molecule has 1 aromatic heterocycles. The van der Waals surface area contributed by atoms with Crippen LogP contribution in [0.1, 0.15) is 24.5 Å². The molecule has 0 aliphatic heterocycles. The molecule has 0 saturated heterocycles. The first-order valence-corrected chi connectivity index (χ1v) is 4.91. The lowest BCUT2D eigenvalue weighted by Crippen LogP contribution is -1.93. The maximum absolute atomic E-state index is 4.17. The van der Waals surface area contributed by atoms with Crippen molar-refractivity contribution in [1.29, 1.82) is 0 Å². The van der Waals surface area contributed by atoms with Crippen LogP contribution in [0.15, 0.2) is 36.5 Å². The van der Waals surface area contributed by atoms with Crippen molar-refractivity contribution in [2.75, 3.05) is 0 Å². The first kappa shape index (κ1) is 7.74. The van der Waals surface area contributed by atoms with Gasteiger partial charge in [-0.05, 0) is 25.0 Å². The lowest BCUT2D eigenvalue weighted by molar-refractivity contribution is 0.797. The Morgan fingerprint density at radius 3 is 2.64 bits per heavy atom. The van der Waals surface area contributed by atoms with Crippen LogP contribution in [0.3, 0.4) is 0 Å². The molecule has 1 heterocycles. The fourth-order valence-electron chi connectivity index (χ4n) is 1.55. The van der Waals surface area contributed by atoms with E-state index in [0.717, 1.165) is 11.4 Å². The van der Waals surface area contributed by atoms with Crippen LogP contribution < -0.4 is 0 Å². The zero-order valence-electron chi connectivity index (χ0n) is 7.80. The van der Waals surface area contributed by atoms with Crippen LogP contribution >= 0.6 is 0 Å². The predicted molar refractivity (Wildman–Crippen MR) is 53.3 cm³/mol. The number of hydrogen-bond donors (Lipinski definition) is 0. The highest BCUT2D eigenvalue weighted by Crippen LogP contribution is 2.38. The Labute approximate surface area is 82.4 Å². The number of rotatable bonds is 2. The lowest BCUT2D eigenvalue weighted by Gasteiger charge is -1.96. The summed E-state index contributed by atoms with van der Waals surface area (Å²) in [5.41, 5.74) is 2.21. The Morgan fingerprint density at radius 2 is 1.93 bits per heavy atom. The predicted octanol–water partition coefficient (Wildman–Crippen LogP) is 2.14. The maximum atomic E-state index is 4.17. The fourth-order valence-corrected chi connectivity index (χ4v) is 1.55. The minimum atomic E-state index is 0.674. The van der Waals surface area contributed by atoms with Crippen LogP contribution in [0.2, 0.25) is 0 Å². The first-order chi connectivity index (χ1) is 6.93. The van der Waals surface area contributed by atoms with E-state index in [4.69, 9.17) is 0 Å². The van der Waals surface area contributed by atoms with Gasteiger partial charge >= 0.3 is 0 Å². The molecule has 3 heteroatoms. The average Bonchev–Trinajstić information content (AvgIpc) is 2.98. The van der Waals surface area contributed by atoms with Gasteiger partial charge in [-0.3, -0.25) is 0 Å². The van der Waals surface area contributed by atoms with Crippen molar-refractivity contribution in [3.63, 3.8) is 0 Å². The third kappa shape index (κ3) is 1.31. The van der Waals surface area contributed by atoms with E-state index in [1.54, 1.807) is 0 Å². The SMILES string of the molecule is c1ccc(-n2cc(C3CC3)nn2)cc1. The number of nitrogens with zero attached hydrogens (tertiary/aromatic N) is 3. The molecule has 1 aliphatic rings. The quantitative estimate of drug-likeness (QED) is 0.717. The van der Waals surface area contributed by atoms with E-state index in [2.05, 4.69) is 10.3 Å². The third-order valence-corrected chi connectivity index (χ3v) is 2.53. The van der Waals surface area contributed by atoms with Gasteiger partial charge in [0.15, 0.2) is 0 Å². The molecule has 2 aromatic rings. The summed E-state index contributed by atoms with van der Waals surface area (Å²) < 4.78 is 1.84. The molecule has 14 heavy (non-hydrogen) atoms. The molecule has 70 valence electrons. The van der Waals surface area contributed by atoms with Gasteiger partial charge in [-0.15, -0.1) is 5.10 Å². The van der Waals surface area contributed by atoms with Gasteiger partial charge < -0.3 is 0 Å². The number of para-hydroxylation sites is 1. The highest BCUT2D eigenvalue weighted by atomic mass is 15.4. The summed E-state index contributed by atoms with van der Waals surface area (Å²) in [6.07, 6.45) is 4.58. The van der Waals surface area contributed by atoms with E-state index < -0.39 is 0 Å². The van der Waals surface area contributed by atoms with Crippen molar-refractivity contribution < 1.29 is 0 Å².